The highest BCUT2D eigenvalue weighted by Gasteiger charge is 2.41. The first-order valence-electron chi connectivity index (χ1n) is 6.42. The first-order chi connectivity index (χ1) is 8.39. The molecular formula is C15H21NO2. The standard InChI is InChI=1S/C15H21NO2/c1-15(2,3)16-9-12(13(10-16)14(17)18)11-7-5-4-6-8-11/h4-8,12-13H,9-10H2,1-3H3,(H,17,18)/t12-,13+/m0/s1. The molecule has 1 aromatic carbocycles. The minimum atomic E-state index is -0.685. The molecule has 2 atom stereocenters. The summed E-state index contributed by atoms with van der Waals surface area (Å²) in [5, 5.41) is 9.40. The van der Waals surface area contributed by atoms with Crippen LogP contribution in [0.25, 0.3) is 0 Å². The monoisotopic (exact) mass is 247 g/mol. The predicted molar refractivity (Wildman–Crippen MR) is 71.6 cm³/mol. The van der Waals surface area contributed by atoms with Crippen molar-refractivity contribution in [1.82, 2.24) is 4.90 Å². The molecule has 0 aliphatic carbocycles. The molecule has 3 nitrogen and oxygen atoms in total. The predicted octanol–water partition coefficient (Wildman–Crippen LogP) is 2.59. The van der Waals surface area contributed by atoms with Crippen molar-refractivity contribution in [2.45, 2.75) is 32.2 Å². The minimum absolute atomic E-state index is 0.0250. The highest BCUT2D eigenvalue weighted by atomic mass is 16.4. The summed E-state index contributed by atoms with van der Waals surface area (Å²) < 4.78 is 0. The Morgan fingerprint density at radius 2 is 1.83 bits per heavy atom. The van der Waals surface area contributed by atoms with Crippen molar-refractivity contribution in [2.24, 2.45) is 5.92 Å². The second-order valence-electron chi connectivity index (χ2n) is 6.04. The molecular weight excluding hydrogens is 226 g/mol. The zero-order chi connectivity index (χ0) is 13.3. The Morgan fingerprint density at radius 1 is 1.22 bits per heavy atom. The molecule has 0 spiro atoms. The van der Waals surface area contributed by atoms with Crippen LogP contribution in [0.15, 0.2) is 30.3 Å². The molecule has 0 radical (unpaired) electrons. The zero-order valence-electron chi connectivity index (χ0n) is 11.3. The van der Waals surface area contributed by atoms with Gasteiger partial charge in [0, 0.05) is 24.5 Å². The van der Waals surface area contributed by atoms with Crippen molar-refractivity contribution in [3.8, 4) is 0 Å². The van der Waals surface area contributed by atoms with Crippen LogP contribution < -0.4 is 0 Å². The summed E-state index contributed by atoms with van der Waals surface area (Å²) in [5.41, 5.74) is 1.16. The van der Waals surface area contributed by atoms with Crippen LogP contribution in [0.3, 0.4) is 0 Å². The van der Waals surface area contributed by atoms with Gasteiger partial charge in [-0.25, -0.2) is 0 Å². The van der Waals surface area contributed by atoms with E-state index in [-0.39, 0.29) is 17.4 Å². The van der Waals surface area contributed by atoms with E-state index in [0.29, 0.717) is 6.54 Å². The lowest BCUT2D eigenvalue weighted by Crippen LogP contribution is -2.40. The third-order valence-corrected chi connectivity index (χ3v) is 3.81. The Labute approximate surface area is 108 Å². The number of nitrogens with zero attached hydrogens (tertiary/aromatic N) is 1. The number of carboxylic acid groups (broad SMARTS) is 1. The molecule has 1 saturated heterocycles. The fourth-order valence-electron chi connectivity index (χ4n) is 2.64. The SMILES string of the molecule is CC(C)(C)N1C[C@@H](C(=O)O)[C@H](c2ccccc2)C1. The zero-order valence-corrected chi connectivity index (χ0v) is 11.3. The Kier molecular flexibility index (Phi) is 3.44. The number of hydrogen-bond acceptors (Lipinski definition) is 2. The smallest absolute Gasteiger partial charge is 0.308 e. The molecule has 1 aliphatic heterocycles. The van der Waals surface area contributed by atoms with Crippen LogP contribution in [-0.4, -0.2) is 34.6 Å². The molecule has 0 amide bonds. The first kappa shape index (κ1) is 13.1. The molecule has 1 heterocycles. The maximum absolute atomic E-state index is 11.4. The maximum atomic E-state index is 11.4. The molecule has 1 fully saturated rings. The Balaban J connectivity index is 2.26. The highest BCUT2D eigenvalue weighted by molar-refractivity contribution is 5.72. The summed E-state index contributed by atoms with van der Waals surface area (Å²) in [6.07, 6.45) is 0. The van der Waals surface area contributed by atoms with Crippen LogP contribution in [-0.2, 0) is 4.79 Å². The van der Waals surface area contributed by atoms with E-state index in [1.54, 1.807) is 0 Å². The van der Waals surface area contributed by atoms with E-state index < -0.39 is 5.97 Å². The molecule has 2 rings (SSSR count). The Morgan fingerprint density at radius 3 is 2.33 bits per heavy atom. The van der Waals surface area contributed by atoms with Crippen molar-refractivity contribution in [1.29, 1.82) is 0 Å². The van der Waals surface area contributed by atoms with Gasteiger partial charge in [0.2, 0.25) is 0 Å². The largest absolute Gasteiger partial charge is 0.481 e. The quantitative estimate of drug-likeness (QED) is 0.873. The summed E-state index contributed by atoms with van der Waals surface area (Å²) in [4.78, 5) is 13.7. The molecule has 0 unspecified atom stereocenters. The summed E-state index contributed by atoms with van der Waals surface area (Å²) in [5.74, 6) is -0.884. The van der Waals surface area contributed by atoms with Gasteiger partial charge >= 0.3 is 5.97 Å². The van der Waals surface area contributed by atoms with Crippen molar-refractivity contribution in [3.63, 3.8) is 0 Å². The van der Waals surface area contributed by atoms with Gasteiger partial charge < -0.3 is 5.11 Å². The van der Waals surface area contributed by atoms with Gasteiger partial charge in [-0.15, -0.1) is 0 Å². The van der Waals surface area contributed by atoms with Gasteiger partial charge in [-0.3, -0.25) is 9.69 Å². The molecule has 18 heavy (non-hydrogen) atoms. The van der Waals surface area contributed by atoms with E-state index in [1.807, 2.05) is 30.3 Å². The van der Waals surface area contributed by atoms with Crippen LogP contribution in [0, 0.1) is 5.92 Å². The topological polar surface area (TPSA) is 40.5 Å². The van der Waals surface area contributed by atoms with Crippen LogP contribution >= 0.6 is 0 Å². The summed E-state index contributed by atoms with van der Waals surface area (Å²) in [7, 11) is 0. The van der Waals surface area contributed by atoms with Crippen LogP contribution in [0.1, 0.15) is 32.3 Å². The van der Waals surface area contributed by atoms with Gasteiger partial charge in [-0.05, 0) is 26.3 Å². The normalized spacial score (nSPS) is 25.3. The van der Waals surface area contributed by atoms with Gasteiger partial charge in [0.15, 0.2) is 0 Å². The van der Waals surface area contributed by atoms with E-state index in [4.69, 9.17) is 0 Å². The number of aliphatic carboxylic acids is 1. The van der Waals surface area contributed by atoms with Gasteiger partial charge in [-0.1, -0.05) is 30.3 Å². The molecule has 98 valence electrons. The molecule has 0 bridgehead atoms. The molecule has 1 aliphatic rings. The second-order valence-corrected chi connectivity index (χ2v) is 6.04. The summed E-state index contributed by atoms with van der Waals surface area (Å²) in [6.45, 7) is 7.88. The molecule has 3 heteroatoms. The molecule has 0 saturated carbocycles. The number of benzene rings is 1. The average Bonchev–Trinajstić information content (AvgIpc) is 2.74. The number of carbonyl (C=O) groups is 1. The first-order valence-corrected chi connectivity index (χ1v) is 6.42. The molecule has 0 aromatic heterocycles. The second kappa shape index (κ2) is 4.73. The summed E-state index contributed by atoms with van der Waals surface area (Å²) in [6, 6.07) is 10.00. The Bertz CT molecular complexity index is 422. The van der Waals surface area contributed by atoms with E-state index in [2.05, 4.69) is 25.7 Å². The lowest BCUT2D eigenvalue weighted by atomic mass is 9.89. The fourth-order valence-corrected chi connectivity index (χ4v) is 2.64. The number of carboxylic acids is 1. The van der Waals surface area contributed by atoms with E-state index in [9.17, 15) is 9.90 Å². The minimum Gasteiger partial charge on any atom is -0.481 e. The number of hydrogen-bond donors (Lipinski definition) is 1. The third kappa shape index (κ3) is 2.56. The van der Waals surface area contributed by atoms with E-state index >= 15 is 0 Å². The van der Waals surface area contributed by atoms with Crippen LogP contribution in [0.2, 0.25) is 0 Å². The van der Waals surface area contributed by atoms with Crippen molar-refractivity contribution >= 4 is 5.97 Å². The average molecular weight is 247 g/mol. The summed E-state index contributed by atoms with van der Waals surface area (Å²) >= 11 is 0. The number of likely N-dealkylation sites (tertiary alicyclic amines) is 1. The van der Waals surface area contributed by atoms with Gasteiger partial charge in [0.25, 0.3) is 0 Å². The maximum Gasteiger partial charge on any atom is 0.308 e. The fraction of sp³-hybridized carbons (Fsp3) is 0.533. The van der Waals surface area contributed by atoms with Crippen LogP contribution in [0.5, 0.6) is 0 Å². The van der Waals surface area contributed by atoms with Gasteiger partial charge in [-0.2, -0.15) is 0 Å². The number of rotatable bonds is 2. The van der Waals surface area contributed by atoms with Crippen molar-refractivity contribution in [2.75, 3.05) is 13.1 Å². The van der Waals surface area contributed by atoms with E-state index in [0.717, 1.165) is 12.1 Å². The third-order valence-electron chi connectivity index (χ3n) is 3.81. The molecule has 1 aromatic rings. The Hall–Kier alpha value is -1.35. The van der Waals surface area contributed by atoms with Gasteiger partial charge in [0.1, 0.15) is 0 Å². The lowest BCUT2D eigenvalue weighted by molar-refractivity contribution is -0.141. The van der Waals surface area contributed by atoms with Crippen molar-refractivity contribution in [3.05, 3.63) is 35.9 Å². The lowest BCUT2D eigenvalue weighted by Gasteiger charge is -2.31. The highest BCUT2D eigenvalue weighted by Crippen LogP contribution is 2.36. The van der Waals surface area contributed by atoms with Crippen molar-refractivity contribution < 1.29 is 9.90 Å². The van der Waals surface area contributed by atoms with E-state index in [1.165, 1.54) is 0 Å². The molecule has 1 N–H and O–H groups in total. The van der Waals surface area contributed by atoms with Gasteiger partial charge in [0.05, 0.1) is 5.92 Å². The van der Waals surface area contributed by atoms with Crippen LogP contribution in [0.4, 0.5) is 0 Å².